The van der Waals surface area contributed by atoms with E-state index in [1.807, 2.05) is 5.32 Å². The average Bonchev–Trinajstić information content (AvgIpc) is 2.55. The Hall–Kier alpha value is -2.61. The van der Waals surface area contributed by atoms with Crippen LogP contribution in [0.5, 0.6) is 0 Å². The van der Waals surface area contributed by atoms with E-state index in [1.165, 1.54) is 18.2 Å². The zero-order valence-corrected chi connectivity index (χ0v) is 14.8. The van der Waals surface area contributed by atoms with E-state index < -0.39 is 36.3 Å². The predicted octanol–water partition coefficient (Wildman–Crippen LogP) is 4.54. The minimum absolute atomic E-state index is 0.0744. The number of carbonyl (C=O) groups is 2. The molecule has 1 unspecified atom stereocenters. The SMILES string of the molecule is CC(=O)NC(CC(F)(F)F)C(=O)Nc1cccc(-c2ccccc2Cl)c1F. The normalized spacial score (nSPS) is 12.4. The number of hydrogen-bond acceptors (Lipinski definition) is 2. The summed E-state index contributed by atoms with van der Waals surface area (Å²) in [4.78, 5) is 23.3. The van der Waals surface area contributed by atoms with Gasteiger partial charge in [0.25, 0.3) is 0 Å². The van der Waals surface area contributed by atoms with Gasteiger partial charge in [0.2, 0.25) is 11.8 Å². The first kappa shape index (κ1) is 20.7. The molecule has 2 aromatic rings. The van der Waals surface area contributed by atoms with E-state index in [1.54, 1.807) is 24.3 Å². The Bertz CT molecular complexity index is 855. The number of amides is 2. The second-order valence-electron chi connectivity index (χ2n) is 5.71. The molecule has 2 N–H and O–H groups in total. The fourth-order valence-corrected chi connectivity index (χ4v) is 2.66. The van der Waals surface area contributed by atoms with Crippen LogP contribution >= 0.6 is 11.6 Å². The first-order valence-electron chi connectivity index (χ1n) is 7.76. The molecule has 4 nitrogen and oxygen atoms in total. The summed E-state index contributed by atoms with van der Waals surface area (Å²) in [5.74, 6) is -2.85. The van der Waals surface area contributed by atoms with Crippen molar-refractivity contribution in [3.8, 4) is 11.1 Å². The number of carbonyl (C=O) groups excluding carboxylic acids is 2. The van der Waals surface area contributed by atoms with Crippen molar-refractivity contribution in [2.45, 2.75) is 25.6 Å². The Kier molecular flexibility index (Phi) is 6.43. The Balaban J connectivity index is 2.30. The average molecular weight is 403 g/mol. The molecule has 144 valence electrons. The van der Waals surface area contributed by atoms with Crippen molar-refractivity contribution in [3.05, 3.63) is 53.3 Å². The fourth-order valence-electron chi connectivity index (χ4n) is 2.42. The van der Waals surface area contributed by atoms with E-state index in [0.717, 1.165) is 6.92 Å². The molecule has 0 aromatic heterocycles. The summed E-state index contributed by atoms with van der Waals surface area (Å²) in [6.07, 6.45) is -6.27. The quantitative estimate of drug-likeness (QED) is 0.721. The maximum atomic E-state index is 14.8. The third kappa shape index (κ3) is 5.68. The molecule has 0 bridgehead atoms. The van der Waals surface area contributed by atoms with Gasteiger partial charge in [-0.2, -0.15) is 13.2 Å². The maximum absolute atomic E-state index is 14.8. The smallest absolute Gasteiger partial charge is 0.344 e. The van der Waals surface area contributed by atoms with Crippen LogP contribution in [0.4, 0.5) is 23.2 Å². The van der Waals surface area contributed by atoms with Gasteiger partial charge in [-0.15, -0.1) is 0 Å². The molecular weight excluding hydrogens is 388 g/mol. The molecule has 27 heavy (non-hydrogen) atoms. The molecule has 0 heterocycles. The number of anilines is 1. The third-order valence-electron chi connectivity index (χ3n) is 3.55. The zero-order chi connectivity index (χ0) is 20.2. The third-order valence-corrected chi connectivity index (χ3v) is 3.88. The van der Waals surface area contributed by atoms with Crippen molar-refractivity contribution < 1.29 is 27.2 Å². The molecule has 0 aliphatic heterocycles. The van der Waals surface area contributed by atoms with Crippen LogP contribution in [-0.2, 0) is 9.59 Å². The molecule has 0 spiro atoms. The van der Waals surface area contributed by atoms with Gasteiger partial charge in [0.05, 0.1) is 12.1 Å². The van der Waals surface area contributed by atoms with Crippen LogP contribution in [0.3, 0.4) is 0 Å². The Morgan fingerprint density at radius 3 is 2.30 bits per heavy atom. The van der Waals surface area contributed by atoms with Gasteiger partial charge in [0, 0.05) is 23.1 Å². The topological polar surface area (TPSA) is 58.2 Å². The number of hydrogen-bond donors (Lipinski definition) is 2. The van der Waals surface area contributed by atoms with Crippen LogP contribution in [0.15, 0.2) is 42.5 Å². The minimum atomic E-state index is -4.69. The molecule has 0 aliphatic carbocycles. The van der Waals surface area contributed by atoms with Crippen molar-refractivity contribution in [2.75, 3.05) is 5.32 Å². The van der Waals surface area contributed by atoms with Crippen molar-refractivity contribution in [1.82, 2.24) is 5.32 Å². The molecule has 0 aliphatic rings. The largest absolute Gasteiger partial charge is 0.391 e. The molecule has 1 atom stereocenters. The molecule has 2 rings (SSSR count). The number of rotatable bonds is 5. The molecule has 0 saturated heterocycles. The van der Waals surface area contributed by atoms with Gasteiger partial charge in [0.1, 0.15) is 6.04 Å². The number of benzene rings is 2. The van der Waals surface area contributed by atoms with Gasteiger partial charge in [-0.25, -0.2) is 4.39 Å². The lowest BCUT2D eigenvalue weighted by molar-refractivity contribution is -0.149. The van der Waals surface area contributed by atoms with Crippen molar-refractivity contribution in [1.29, 1.82) is 0 Å². The van der Waals surface area contributed by atoms with Crippen LogP contribution < -0.4 is 10.6 Å². The van der Waals surface area contributed by atoms with Crippen LogP contribution in [0.1, 0.15) is 13.3 Å². The monoisotopic (exact) mass is 402 g/mol. The lowest BCUT2D eigenvalue weighted by atomic mass is 10.0. The molecule has 2 amide bonds. The first-order chi connectivity index (χ1) is 12.6. The highest BCUT2D eigenvalue weighted by Crippen LogP contribution is 2.32. The number of nitrogens with one attached hydrogen (secondary N) is 2. The highest BCUT2D eigenvalue weighted by atomic mass is 35.5. The fraction of sp³-hybridized carbons (Fsp3) is 0.222. The summed E-state index contributed by atoms with van der Waals surface area (Å²) in [5, 5.41) is 4.28. The summed E-state index contributed by atoms with van der Waals surface area (Å²) in [6, 6.07) is 8.58. The Morgan fingerprint density at radius 2 is 1.70 bits per heavy atom. The van der Waals surface area contributed by atoms with Crippen molar-refractivity contribution in [2.24, 2.45) is 0 Å². The maximum Gasteiger partial charge on any atom is 0.391 e. The highest BCUT2D eigenvalue weighted by molar-refractivity contribution is 6.33. The van der Waals surface area contributed by atoms with Gasteiger partial charge >= 0.3 is 6.18 Å². The van der Waals surface area contributed by atoms with E-state index in [9.17, 15) is 27.2 Å². The summed E-state index contributed by atoms with van der Waals surface area (Å²) in [5.41, 5.74) is 0.113. The van der Waals surface area contributed by atoms with Crippen LogP contribution in [0.25, 0.3) is 11.1 Å². The Labute approximate surface area is 157 Å². The predicted molar refractivity (Wildman–Crippen MR) is 93.8 cm³/mol. The van der Waals surface area contributed by atoms with E-state index in [0.29, 0.717) is 5.56 Å². The van der Waals surface area contributed by atoms with Gasteiger partial charge in [0.15, 0.2) is 5.82 Å². The van der Waals surface area contributed by atoms with Gasteiger partial charge < -0.3 is 10.6 Å². The van der Waals surface area contributed by atoms with E-state index >= 15 is 0 Å². The second kappa shape index (κ2) is 8.39. The van der Waals surface area contributed by atoms with Gasteiger partial charge in [-0.3, -0.25) is 9.59 Å². The van der Waals surface area contributed by atoms with E-state index in [2.05, 4.69) is 5.32 Å². The highest BCUT2D eigenvalue weighted by Gasteiger charge is 2.36. The number of alkyl halides is 3. The van der Waals surface area contributed by atoms with Crippen LogP contribution in [0.2, 0.25) is 5.02 Å². The van der Waals surface area contributed by atoms with E-state index in [4.69, 9.17) is 11.6 Å². The van der Waals surface area contributed by atoms with Crippen molar-refractivity contribution >= 4 is 29.1 Å². The summed E-state index contributed by atoms with van der Waals surface area (Å²) in [7, 11) is 0. The van der Waals surface area contributed by atoms with Crippen molar-refractivity contribution in [3.63, 3.8) is 0 Å². The summed E-state index contributed by atoms with van der Waals surface area (Å²) >= 11 is 6.04. The molecule has 0 fully saturated rings. The van der Waals surface area contributed by atoms with Crippen LogP contribution in [0, 0.1) is 5.82 Å². The molecular formula is C18H15ClF4N2O2. The number of halogens is 5. The summed E-state index contributed by atoms with van der Waals surface area (Å²) in [6.45, 7) is 0.981. The molecule has 9 heteroatoms. The van der Waals surface area contributed by atoms with E-state index in [-0.39, 0.29) is 16.3 Å². The second-order valence-corrected chi connectivity index (χ2v) is 6.12. The lowest BCUT2D eigenvalue weighted by Gasteiger charge is -2.19. The Morgan fingerprint density at radius 1 is 1.07 bits per heavy atom. The molecule has 0 saturated carbocycles. The summed E-state index contributed by atoms with van der Waals surface area (Å²) < 4.78 is 52.7. The first-order valence-corrected chi connectivity index (χ1v) is 8.14. The van der Waals surface area contributed by atoms with Crippen LogP contribution in [-0.4, -0.2) is 24.0 Å². The molecule has 0 radical (unpaired) electrons. The van der Waals surface area contributed by atoms with Gasteiger partial charge in [-0.1, -0.05) is 41.9 Å². The molecule has 2 aromatic carbocycles. The standard InChI is InChI=1S/C18H15ClF4N2O2/c1-10(26)24-15(9-18(21,22)23)17(27)25-14-8-4-6-12(16(14)20)11-5-2-3-7-13(11)19/h2-8,15H,9H2,1H3,(H,24,26)(H,25,27). The lowest BCUT2D eigenvalue weighted by Crippen LogP contribution is -2.45. The van der Waals surface area contributed by atoms with Gasteiger partial charge in [-0.05, 0) is 12.1 Å². The minimum Gasteiger partial charge on any atom is -0.344 e. The zero-order valence-electron chi connectivity index (χ0n) is 14.0.